The molecule has 0 spiro atoms. The molecular weight excluding hydrogens is 340 g/mol. The fourth-order valence-corrected chi connectivity index (χ4v) is 6.74. The lowest BCUT2D eigenvalue weighted by Gasteiger charge is -2.36. The Balaban J connectivity index is 2.35. The fourth-order valence-electron chi connectivity index (χ4n) is 3.70. The van der Waals surface area contributed by atoms with Crippen molar-refractivity contribution in [3.63, 3.8) is 0 Å². The molecule has 0 aromatic heterocycles. The van der Waals surface area contributed by atoms with Crippen LogP contribution in [-0.4, -0.2) is 60.8 Å². The van der Waals surface area contributed by atoms with E-state index in [0.29, 0.717) is 0 Å². The third kappa shape index (κ3) is 2.80. The molecule has 1 aliphatic carbocycles. The molecule has 1 aromatic carbocycles. The summed E-state index contributed by atoms with van der Waals surface area (Å²) in [5.74, 6) is 1.85. The number of rotatable bonds is 3. The SMILES string of the molecule is COC1=CC(=[N+](C)C)C=C2C1=Cc1c(OC)cc(N(C)C)cc1[Si]2(C)C. The maximum absolute atomic E-state index is 5.76. The fraction of sp³-hybridized carbons (Fsp3) is 0.381. The second-order valence-electron chi connectivity index (χ2n) is 7.78. The zero-order valence-electron chi connectivity index (χ0n) is 17.1. The Kier molecular flexibility index (Phi) is 4.61. The molecule has 1 aliphatic heterocycles. The van der Waals surface area contributed by atoms with Crippen molar-refractivity contribution in [3.05, 3.63) is 46.4 Å². The molecule has 0 N–H and O–H groups in total. The quantitative estimate of drug-likeness (QED) is 0.605. The third-order valence-corrected chi connectivity index (χ3v) is 8.88. The topological polar surface area (TPSA) is 24.7 Å². The number of fused-ring (bicyclic) bond motifs is 2. The van der Waals surface area contributed by atoms with Crippen LogP contribution in [0.25, 0.3) is 6.08 Å². The van der Waals surface area contributed by atoms with E-state index in [1.54, 1.807) is 14.2 Å². The number of nitrogens with zero attached hydrogens (tertiary/aromatic N) is 2. The minimum Gasteiger partial charge on any atom is -0.496 e. The minimum atomic E-state index is -1.93. The van der Waals surface area contributed by atoms with Crippen LogP contribution in [0, 0.1) is 0 Å². The van der Waals surface area contributed by atoms with Crippen LogP contribution in [-0.2, 0) is 4.74 Å². The van der Waals surface area contributed by atoms with Crippen molar-refractivity contribution in [2.75, 3.05) is 47.3 Å². The molecule has 0 saturated carbocycles. The van der Waals surface area contributed by atoms with E-state index in [2.05, 4.69) is 81.1 Å². The highest BCUT2D eigenvalue weighted by atomic mass is 28.3. The summed E-state index contributed by atoms with van der Waals surface area (Å²) in [5, 5.41) is 2.82. The normalized spacial score (nSPS) is 17.4. The van der Waals surface area contributed by atoms with Gasteiger partial charge in [-0.05, 0) is 22.5 Å². The zero-order valence-corrected chi connectivity index (χ0v) is 18.1. The van der Waals surface area contributed by atoms with Crippen LogP contribution in [0.15, 0.2) is 40.8 Å². The van der Waals surface area contributed by atoms with Gasteiger partial charge in [0.05, 0.1) is 20.3 Å². The molecule has 1 heterocycles. The van der Waals surface area contributed by atoms with Gasteiger partial charge in [0.25, 0.3) is 0 Å². The monoisotopic (exact) mass is 369 g/mol. The molecule has 4 nitrogen and oxygen atoms in total. The van der Waals surface area contributed by atoms with Crippen molar-refractivity contribution >= 4 is 30.7 Å². The van der Waals surface area contributed by atoms with Crippen molar-refractivity contribution in [3.8, 4) is 5.75 Å². The molecule has 0 amide bonds. The van der Waals surface area contributed by atoms with Gasteiger partial charge in [-0.25, -0.2) is 4.58 Å². The summed E-state index contributed by atoms with van der Waals surface area (Å²) in [7, 11) is 9.86. The van der Waals surface area contributed by atoms with Crippen LogP contribution in [0.2, 0.25) is 13.1 Å². The van der Waals surface area contributed by atoms with Crippen molar-refractivity contribution < 1.29 is 14.0 Å². The predicted octanol–water partition coefficient (Wildman–Crippen LogP) is 2.80. The van der Waals surface area contributed by atoms with Gasteiger partial charge in [-0.15, -0.1) is 0 Å². The summed E-state index contributed by atoms with van der Waals surface area (Å²) < 4.78 is 13.7. The van der Waals surface area contributed by atoms with E-state index in [1.165, 1.54) is 32.9 Å². The van der Waals surface area contributed by atoms with E-state index in [9.17, 15) is 0 Å². The minimum absolute atomic E-state index is 0.927. The first kappa shape index (κ1) is 18.5. The molecule has 138 valence electrons. The van der Waals surface area contributed by atoms with Crippen LogP contribution in [0.1, 0.15) is 5.56 Å². The summed E-state index contributed by atoms with van der Waals surface area (Å²) in [6.45, 7) is 4.82. The summed E-state index contributed by atoms with van der Waals surface area (Å²) in [6.07, 6.45) is 6.68. The Bertz CT molecular complexity index is 886. The number of anilines is 1. The van der Waals surface area contributed by atoms with Crippen LogP contribution < -0.4 is 14.8 Å². The molecule has 1 aromatic rings. The van der Waals surface area contributed by atoms with Gasteiger partial charge in [0.2, 0.25) is 5.71 Å². The first-order valence-corrected chi connectivity index (χ1v) is 11.8. The highest BCUT2D eigenvalue weighted by Crippen LogP contribution is 2.40. The standard InChI is InChI=1S/C21H29N2O2Si/c1-22(2)14-9-18(24-5)16-13-17-19(25-6)10-15(23(3)4)12-21(17)26(7,8)20(16)11-14/h9-13H,1-8H3/q+1. The van der Waals surface area contributed by atoms with Gasteiger partial charge in [0, 0.05) is 43.1 Å². The van der Waals surface area contributed by atoms with Crippen molar-refractivity contribution in [2.24, 2.45) is 0 Å². The number of allylic oxidation sites excluding steroid dienone is 3. The maximum atomic E-state index is 5.76. The molecule has 3 rings (SSSR count). The molecule has 0 atom stereocenters. The largest absolute Gasteiger partial charge is 0.496 e. The van der Waals surface area contributed by atoms with Crippen LogP contribution in [0.5, 0.6) is 5.75 Å². The lowest BCUT2D eigenvalue weighted by Crippen LogP contribution is -2.49. The van der Waals surface area contributed by atoms with Gasteiger partial charge >= 0.3 is 0 Å². The van der Waals surface area contributed by atoms with E-state index in [4.69, 9.17) is 9.47 Å². The molecule has 0 saturated heterocycles. The van der Waals surface area contributed by atoms with E-state index in [1.807, 2.05) is 0 Å². The average Bonchev–Trinajstić information content (AvgIpc) is 2.60. The average molecular weight is 370 g/mol. The summed E-state index contributed by atoms with van der Waals surface area (Å²) in [6, 6.07) is 4.45. The summed E-state index contributed by atoms with van der Waals surface area (Å²) in [5.41, 5.74) is 4.74. The lowest BCUT2D eigenvalue weighted by molar-refractivity contribution is -0.462. The molecule has 0 radical (unpaired) electrons. The van der Waals surface area contributed by atoms with Gasteiger partial charge in [-0.2, -0.15) is 0 Å². The Morgan fingerprint density at radius 2 is 1.65 bits per heavy atom. The molecular formula is C21H29N2O2Si+. The van der Waals surface area contributed by atoms with E-state index in [-0.39, 0.29) is 0 Å². The first-order chi connectivity index (χ1) is 12.2. The number of methoxy groups -OCH3 is 2. The number of hydrogen-bond donors (Lipinski definition) is 0. The van der Waals surface area contributed by atoms with Gasteiger partial charge < -0.3 is 14.4 Å². The van der Waals surface area contributed by atoms with Gasteiger partial charge in [-0.3, -0.25) is 0 Å². The third-order valence-electron chi connectivity index (χ3n) is 5.36. The van der Waals surface area contributed by atoms with Gasteiger partial charge in [-0.1, -0.05) is 13.1 Å². The predicted molar refractivity (Wildman–Crippen MR) is 113 cm³/mol. The van der Waals surface area contributed by atoms with E-state index < -0.39 is 8.07 Å². The molecule has 0 bridgehead atoms. The van der Waals surface area contributed by atoms with Crippen molar-refractivity contribution in [2.45, 2.75) is 13.1 Å². The Morgan fingerprint density at radius 3 is 2.19 bits per heavy atom. The highest BCUT2D eigenvalue weighted by molar-refractivity contribution is 6.97. The van der Waals surface area contributed by atoms with Crippen LogP contribution >= 0.6 is 0 Å². The second-order valence-corrected chi connectivity index (χ2v) is 12.1. The smallest absolute Gasteiger partial charge is 0.203 e. The molecule has 2 aliphatic rings. The summed E-state index contributed by atoms with van der Waals surface area (Å²) >= 11 is 0. The zero-order chi connectivity index (χ0) is 19.2. The van der Waals surface area contributed by atoms with Gasteiger partial charge in [0.1, 0.15) is 33.7 Å². The lowest BCUT2D eigenvalue weighted by atomic mass is 10.0. The van der Waals surface area contributed by atoms with Crippen molar-refractivity contribution in [1.29, 1.82) is 0 Å². The Labute approximate surface area is 157 Å². The first-order valence-electron chi connectivity index (χ1n) is 8.85. The molecule has 0 fully saturated rings. The molecule has 0 unspecified atom stereocenters. The Hall–Kier alpha value is -2.27. The van der Waals surface area contributed by atoms with E-state index in [0.717, 1.165) is 11.5 Å². The maximum Gasteiger partial charge on any atom is 0.203 e. The second kappa shape index (κ2) is 6.47. The highest BCUT2D eigenvalue weighted by Gasteiger charge is 2.40. The molecule has 5 heteroatoms. The molecule has 26 heavy (non-hydrogen) atoms. The van der Waals surface area contributed by atoms with Crippen LogP contribution in [0.4, 0.5) is 5.69 Å². The van der Waals surface area contributed by atoms with E-state index >= 15 is 0 Å². The summed E-state index contributed by atoms with van der Waals surface area (Å²) in [4.78, 5) is 2.14. The van der Waals surface area contributed by atoms with Crippen molar-refractivity contribution in [1.82, 2.24) is 0 Å². The van der Waals surface area contributed by atoms with Crippen LogP contribution in [0.3, 0.4) is 0 Å². The Morgan fingerprint density at radius 1 is 0.962 bits per heavy atom. The number of ether oxygens (including phenoxy) is 2. The number of hydrogen-bond acceptors (Lipinski definition) is 3. The number of benzene rings is 1. The van der Waals surface area contributed by atoms with Gasteiger partial charge in [0.15, 0.2) is 0 Å².